The van der Waals surface area contributed by atoms with Crippen molar-refractivity contribution in [2.24, 2.45) is 0 Å². The Morgan fingerprint density at radius 2 is 1.60 bits per heavy atom. The fraction of sp³-hybridized carbons (Fsp3) is 0.647. The van der Waals surface area contributed by atoms with Crippen LogP contribution in [-0.4, -0.2) is 25.8 Å². The second-order valence-electron chi connectivity index (χ2n) is 5.31. The summed E-state index contributed by atoms with van der Waals surface area (Å²) in [6.45, 7) is 9.05. The normalized spacial score (nSPS) is 10.8. The number of unbranched alkanes of at least 4 members (excludes halogenated alkanes) is 2. The quantitative estimate of drug-likeness (QED) is 0.621. The van der Waals surface area contributed by atoms with E-state index in [2.05, 4.69) is 26.1 Å². The minimum atomic E-state index is 0.578. The molecule has 0 saturated carbocycles. The van der Waals surface area contributed by atoms with Gasteiger partial charge in [0, 0.05) is 6.04 Å². The van der Waals surface area contributed by atoms with Gasteiger partial charge in [0.2, 0.25) is 0 Å². The van der Waals surface area contributed by atoms with Gasteiger partial charge in [0.25, 0.3) is 0 Å². The third-order valence-corrected chi connectivity index (χ3v) is 2.94. The second-order valence-corrected chi connectivity index (χ2v) is 5.31. The zero-order valence-corrected chi connectivity index (χ0v) is 13.2. The van der Waals surface area contributed by atoms with Gasteiger partial charge < -0.3 is 14.8 Å². The number of hydrogen-bond acceptors (Lipinski definition) is 3. The average Bonchev–Trinajstić information content (AvgIpc) is 2.44. The Morgan fingerprint density at radius 3 is 2.20 bits per heavy atom. The average molecular weight is 279 g/mol. The van der Waals surface area contributed by atoms with Gasteiger partial charge in [-0.3, -0.25) is 0 Å². The Bertz CT molecular complexity index is 353. The predicted molar refractivity (Wildman–Crippen MR) is 84.7 cm³/mol. The van der Waals surface area contributed by atoms with E-state index in [4.69, 9.17) is 9.47 Å². The lowest BCUT2D eigenvalue weighted by Crippen LogP contribution is -2.23. The Balaban J connectivity index is 2.18. The molecule has 0 spiro atoms. The molecule has 0 heterocycles. The van der Waals surface area contributed by atoms with Crippen molar-refractivity contribution < 1.29 is 9.47 Å². The molecule has 0 atom stereocenters. The summed E-state index contributed by atoms with van der Waals surface area (Å²) in [5, 5.41) is 3.43. The lowest BCUT2D eigenvalue weighted by molar-refractivity contribution is 0.263. The highest BCUT2D eigenvalue weighted by Crippen LogP contribution is 2.26. The first-order chi connectivity index (χ1) is 9.74. The molecule has 3 nitrogen and oxygen atoms in total. The Morgan fingerprint density at radius 1 is 0.950 bits per heavy atom. The number of nitrogens with one attached hydrogen (secondary N) is 1. The third kappa shape index (κ3) is 7.39. The summed E-state index contributed by atoms with van der Waals surface area (Å²) < 4.78 is 11.5. The molecule has 0 fully saturated rings. The van der Waals surface area contributed by atoms with Crippen LogP contribution in [0.3, 0.4) is 0 Å². The van der Waals surface area contributed by atoms with Gasteiger partial charge in [-0.05, 0) is 44.4 Å². The smallest absolute Gasteiger partial charge is 0.161 e. The minimum absolute atomic E-state index is 0.578. The van der Waals surface area contributed by atoms with Crippen LogP contribution in [0.2, 0.25) is 0 Å². The maximum atomic E-state index is 5.82. The summed E-state index contributed by atoms with van der Waals surface area (Å²) in [5.74, 6) is 1.72. The Hall–Kier alpha value is -1.22. The number of hydrogen-bond donors (Lipinski definition) is 1. The van der Waals surface area contributed by atoms with Crippen molar-refractivity contribution in [2.45, 2.75) is 52.5 Å². The number of rotatable bonds is 11. The van der Waals surface area contributed by atoms with Crippen molar-refractivity contribution >= 4 is 0 Å². The van der Waals surface area contributed by atoms with Crippen molar-refractivity contribution in [3.8, 4) is 11.5 Å². The molecule has 0 unspecified atom stereocenters. The topological polar surface area (TPSA) is 30.5 Å². The van der Waals surface area contributed by atoms with Crippen LogP contribution in [0, 0.1) is 0 Å². The fourth-order valence-corrected chi connectivity index (χ4v) is 1.88. The zero-order chi connectivity index (χ0) is 14.6. The van der Waals surface area contributed by atoms with Crippen LogP contribution in [0.4, 0.5) is 0 Å². The summed E-state index contributed by atoms with van der Waals surface area (Å²) in [6, 6.07) is 8.49. The van der Waals surface area contributed by atoms with Crippen LogP contribution in [0.15, 0.2) is 24.3 Å². The lowest BCUT2D eigenvalue weighted by Gasteiger charge is -2.12. The molecule has 114 valence electrons. The van der Waals surface area contributed by atoms with E-state index in [1.807, 2.05) is 24.3 Å². The van der Waals surface area contributed by atoms with Gasteiger partial charge in [0.15, 0.2) is 11.5 Å². The summed E-state index contributed by atoms with van der Waals surface area (Å²) in [6.07, 6.45) is 4.49. The molecule has 0 aliphatic heterocycles. The van der Waals surface area contributed by atoms with Crippen molar-refractivity contribution in [1.82, 2.24) is 5.32 Å². The first-order valence-corrected chi connectivity index (χ1v) is 7.82. The molecule has 1 aromatic rings. The first kappa shape index (κ1) is 16.8. The minimum Gasteiger partial charge on any atom is -0.490 e. The molecule has 20 heavy (non-hydrogen) atoms. The van der Waals surface area contributed by atoms with E-state index in [0.29, 0.717) is 6.04 Å². The molecular formula is C17H29NO2. The molecule has 1 rings (SSSR count). The molecule has 0 bridgehead atoms. The van der Waals surface area contributed by atoms with Crippen molar-refractivity contribution in [3.05, 3.63) is 24.3 Å². The van der Waals surface area contributed by atoms with Crippen molar-refractivity contribution in [3.63, 3.8) is 0 Å². The van der Waals surface area contributed by atoms with Gasteiger partial charge in [0.1, 0.15) is 0 Å². The highest BCUT2D eigenvalue weighted by atomic mass is 16.5. The molecular weight excluding hydrogens is 250 g/mol. The van der Waals surface area contributed by atoms with Gasteiger partial charge in [-0.1, -0.05) is 32.9 Å². The van der Waals surface area contributed by atoms with Crippen LogP contribution in [0.1, 0.15) is 46.5 Å². The largest absolute Gasteiger partial charge is 0.490 e. The van der Waals surface area contributed by atoms with E-state index >= 15 is 0 Å². The van der Waals surface area contributed by atoms with E-state index in [0.717, 1.165) is 44.1 Å². The van der Waals surface area contributed by atoms with Crippen LogP contribution >= 0.6 is 0 Å². The number of benzene rings is 1. The van der Waals surface area contributed by atoms with Gasteiger partial charge >= 0.3 is 0 Å². The van der Waals surface area contributed by atoms with Crippen molar-refractivity contribution in [1.29, 1.82) is 0 Å². The van der Waals surface area contributed by atoms with Crippen molar-refractivity contribution in [2.75, 3.05) is 19.8 Å². The number of para-hydroxylation sites is 2. The van der Waals surface area contributed by atoms with Crippen LogP contribution in [-0.2, 0) is 0 Å². The van der Waals surface area contributed by atoms with Gasteiger partial charge in [-0.2, -0.15) is 0 Å². The highest BCUT2D eigenvalue weighted by molar-refractivity contribution is 5.39. The molecule has 3 heteroatoms. The standard InChI is InChI=1S/C17H29NO2/c1-4-13-19-16-10-6-7-11-17(16)20-14-9-5-8-12-18-15(2)3/h6-7,10-11,15,18H,4-5,8-9,12-14H2,1-3H3. The van der Waals surface area contributed by atoms with Gasteiger partial charge in [-0.15, -0.1) is 0 Å². The number of ether oxygens (including phenoxy) is 2. The molecule has 1 aromatic carbocycles. The molecule has 1 N–H and O–H groups in total. The van der Waals surface area contributed by atoms with E-state index < -0.39 is 0 Å². The maximum Gasteiger partial charge on any atom is 0.161 e. The van der Waals surface area contributed by atoms with Crippen LogP contribution in [0.5, 0.6) is 11.5 Å². The summed E-state index contributed by atoms with van der Waals surface area (Å²) in [4.78, 5) is 0. The highest BCUT2D eigenvalue weighted by Gasteiger charge is 2.03. The monoisotopic (exact) mass is 279 g/mol. The van der Waals surface area contributed by atoms with E-state index in [-0.39, 0.29) is 0 Å². The molecule has 0 aliphatic carbocycles. The second kappa shape index (κ2) is 10.6. The van der Waals surface area contributed by atoms with Gasteiger partial charge in [-0.25, -0.2) is 0 Å². The molecule has 0 aromatic heterocycles. The zero-order valence-electron chi connectivity index (χ0n) is 13.2. The summed E-state index contributed by atoms with van der Waals surface area (Å²) in [5.41, 5.74) is 0. The molecule has 0 aliphatic rings. The Kier molecular flexibility index (Phi) is 8.88. The SMILES string of the molecule is CCCOc1ccccc1OCCCCCNC(C)C. The fourth-order valence-electron chi connectivity index (χ4n) is 1.88. The predicted octanol–water partition coefficient (Wildman–Crippen LogP) is 4.02. The third-order valence-electron chi connectivity index (χ3n) is 2.94. The van der Waals surface area contributed by atoms with E-state index in [1.54, 1.807) is 0 Å². The molecule has 0 saturated heterocycles. The van der Waals surface area contributed by atoms with E-state index in [1.165, 1.54) is 12.8 Å². The van der Waals surface area contributed by atoms with E-state index in [9.17, 15) is 0 Å². The van der Waals surface area contributed by atoms with Crippen LogP contribution < -0.4 is 14.8 Å². The first-order valence-electron chi connectivity index (χ1n) is 7.82. The Labute approximate surface area is 123 Å². The van der Waals surface area contributed by atoms with Crippen LogP contribution in [0.25, 0.3) is 0 Å². The summed E-state index contributed by atoms with van der Waals surface area (Å²) in [7, 11) is 0. The molecule has 0 amide bonds. The summed E-state index contributed by atoms with van der Waals surface area (Å²) >= 11 is 0. The lowest BCUT2D eigenvalue weighted by atomic mass is 10.2. The van der Waals surface area contributed by atoms with Gasteiger partial charge in [0.05, 0.1) is 13.2 Å². The maximum absolute atomic E-state index is 5.82. The molecule has 0 radical (unpaired) electrons.